The number of benzene rings is 1. The smallest absolute Gasteiger partial charge is 0.178 e. The number of nitrogens with zero attached hydrogens (tertiary/aromatic N) is 4. The Labute approximate surface area is 256 Å². The fourth-order valence-corrected chi connectivity index (χ4v) is 4.91. The van der Waals surface area contributed by atoms with Gasteiger partial charge in [0, 0.05) is 13.8 Å². The third-order valence-corrected chi connectivity index (χ3v) is 7.42. The van der Waals surface area contributed by atoms with Crippen molar-refractivity contribution in [3.05, 3.63) is 111 Å². The van der Waals surface area contributed by atoms with E-state index in [0.29, 0.717) is 17.1 Å². The van der Waals surface area contributed by atoms with Crippen molar-refractivity contribution in [1.82, 2.24) is 9.97 Å². The molecule has 0 saturated carbocycles. The fourth-order valence-electron chi connectivity index (χ4n) is 4.91. The first-order valence-electron chi connectivity index (χ1n) is 14.9. The number of allylic oxidation sites excluding steroid dienone is 3. The van der Waals surface area contributed by atoms with Gasteiger partial charge < -0.3 is 0 Å². The first-order chi connectivity index (χ1) is 20.4. The summed E-state index contributed by atoms with van der Waals surface area (Å²) in [6.45, 7) is 17.5. The predicted molar refractivity (Wildman–Crippen MR) is 178 cm³/mol. The highest BCUT2D eigenvalue weighted by atomic mass is 16.1. The fraction of sp³-hybridized carbons (Fsp3) is 0.351. The monoisotopic (exact) mass is 576 g/mol. The van der Waals surface area contributed by atoms with Gasteiger partial charge in [0.2, 0.25) is 0 Å². The van der Waals surface area contributed by atoms with E-state index in [9.17, 15) is 9.59 Å². The number of carbonyl (C=O) groups excluding carboxylic acids is 2. The van der Waals surface area contributed by atoms with Gasteiger partial charge in [-0.25, -0.2) is 9.97 Å². The number of carbonyl (C=O) groups is 2. The topological polar surface area (TPSA) is 84.6 Å². The second-order valence-corrected chi connectivity index (χ2v) is 11.2. The zero-order valence-corrected chi connectivity index (χ0v) is 27.1. The Morgan fingerprint density at radius 3 is 1.84 bits per heavy atom. The van der Waals surface area contributed by atoms with Crippen LogP contribution < -0.4 is 0 Å². The highest BCUT2D eigenvalue weighted by molar-refractivity contribution is 6.01. The lowest BCUT2D eigenvalue weighted by Crippen LogP contribution is -2.09. The number of aryl methyl sites for hydroxylation is 3. The van der Waals surface area contributed by atoms with Crippen LogP contribution in [0.3, 0.4) is 0 Å². The van der Waals surface area contributed by atoms with Crippen LogP contribution in [0.1, 0.15) is 110 Å². The summed E-state index contributed by atoms with van der Waals surface area (Å²) < 4.78 is 0. The van der Waals surface area contributed by atoms with Crippen molar-refractivity contribution in [2.24, 2.45) is 9.98 Å². The van der Waals surface area contributed by atoms with Crippen LogP contribution >= 0.6 is 0 Å². The maximum atomic E-state index is 11.8. The van der Waals surface area contributed by atoms with E-state index in [1.54, 1.807) is 12.1 Å². The van der Waals surface area contributed by atoms with Crippen molar-refractivity contribution in [2.45, 2.75) is 87.6 Å². The van der Waals surface area contributed by atoms with Gasteiger partial charge in [-0.15, -0.1) is 0 Å². The molecule has 0 spiro atoms. The van der Waals surface area contributed by atoms with Crippen LogP contribution in [0.4, 0.5) is 5.69 Å². The van der Waals surface area contributed by atoms with E-state index in [1.807, 2.05) is 38.1 Å². The number of hydrogen-bond acceptors (Lipinski definition) is 6. The molecule has 43 heavy (non-hydrogen) atoms. The largest absolute Gasteiger partial charge is 0.293 e. The minimum Gasteiger partial charge on any atom is -0.293 e. The number of pyridine rings is 2. The van der Waals surface area contributed by atoms with Gasteiger partial charge >= 0.3 is 0 Å². The Morgan fingerprint density at radius 1 is 0.814 bits per heavy atom. The summed E-state index contributed by atoms with van der Waals surface area (Å²) in [5.41, 5.74) is 10.9. The molecule has 0 amide bonds. The van der Waals surface area contributed by atoms with Gasteiger partial charge in [-0.3, -0.25) is 19.6 Å². The number of Topliss-reactive ketones (excluding diaryl/α,β-unsaturated/α-hetero) is 2. The third-order valence-electron chi connectivity index (χ3n) is 7.42. The van der Waals surface area contributed by atoms with Crippen LogP contribution in [-0.2, 0) is 6.42 Å². The zero-order chi connectivity index (χ0) is 31.7. The third kappa shape index (κ3) is 9.34. The Morgan fingerprint density at radius 2 is 1.33 bits per heavy atom. The second-order valence-electron chi connectivity index (χ2n) is 11.2. The Balaban J connectivity index is 1.75. The summed E-state index contributed by atoms with van der Waals surface area (Å²) in [4.78, 5) is 42.2. The van der Waals surface area contributed by atoms with Gasteiger partial charge in [-0.2, -0.15) is 0 Å². The van der Waals surface area contributed by atoms with E-state index in [-0.39, 0.29) is 17.6 Å². The molecule has 0 radical (unpaired) electrons. The van der Waals surface area contributed by atoms with E-state index in [2.05, 4.69) is 68.9 Å². The number of aliphatic imine (C=N–C) groups is 2. The summed E-state index contributed by atoms with van der Waals surface area (Å²) in [5.74, 6) is -0.108. The molecule has 0 saturated heterocycles. The first kappa shape index (κ1) is 33.2. The molecule has 0 bridgehead atoms. The van der Waals surface area contributed by atoms with Gasteiger partial charge in [-0.05, 0) is 107 Å². The molecule has 1 unspecified atom stereocenters. The molecule has 0 fully saturated rings. The van der Waals surface area contributed by atoms with Crippen LogP contribution in [-0.4, -0.2) is 39.0 Å². The standard InChI is InChI=1S/C37H44N4O2/c1-10-13-31(20-23(2)26(5)38-27(6)33-14-11-16-35(40-33)29(8)42)18-19-32-21-24(3)37(25(4)22-32)39-28(7)34-15-12-17-36(41-34)30(9)43/h11-17,20-22,26H,10,18-19H2,1-9H3/b23-20-,31-13-,38-27?,39-28?. The van der Waals surface area contributed by atoms with Crippen molar-refractivity contribution in [3.63, 3.8) is 0 Å². The molecule has 3 rings (SSSR count). The molecule has 0 aliphatic heterocycles. The predicted octanol–water partition coefficient (Wildman–Crippen LogP) is 8.75. The quantitative estimate of drug-likeness (QED) is 0.123. The zero-order valence-electron chi connectivity index (χ0n) is 27.1. The van der Waals surface area contributed by atoms with E-state index < -0.39 is 0 Å². The van der Waals surface area contributed by atoms with Gasteiger partial charge in [0.1, 0.15) is 11.4 Å². The summed E-state index contributed by atoms with van der Waals surface area (Å²) in [7, 11) is 0. The molecule has 1 atom stereocenters. The van der Waals surface area contributed by atoms with Gasteiger partial charge in [0.05, 0.1) is 34.5 Å². The van der Waals surface area contributed by atoms with Gasteiger partial charge in [-0.1, -0.05) is 48.9 Å². The number of rotatable bonds is 12. The van der Waals surface area contributed by atoms with E-state index in [0.717, 1.165) is 53.2 Å². The molecule has 2 aromatic heterocycles. The van der Waals surface area contributed by atoms with Crippen LogP contribution in [0.25, 0.3) is 0 Å². The van der Waals surface area contributed by atoms with Crippen LogP contribution in [0, 0.1) is 13.8 Å². The van der Waals surface area contributed by atoms with Gasteiger partial charge in [0.15, 0.2) is 11.6 Å². The van der Waals surface area contributed by atoms with Gasteiger partial charge in [0.25, 0.3) is 0 Å². The molecule has 6 heteroatoms. The number of hydrogen-bond donors (Lipinski definition) is 0. The summed E-state index contributed by atoms with van der Waals surface area (Å²) >= 11 is 0. The minimum absolute atomic E-state index is 0.0152. The molecular weight excluding hydrogens is 532 g/mol. The molecular formula is C37H44N4O2. The van der Waals surface area contributed by atoms with Crippen molar-refractivity contribution in [2.75, 3.05) is 0 Å². The second kappa shape index (κ2) is 15.2. The van der Waals surface area contributed by atoms with E-state index in [1.165, 1.54) is 30.6 Å². The molecule has 0 aliphatic rings. The summed E-state index contributed by atoms with van der Waals surface area (Å²) in [6.07, 6.45) is 7.34. The number of aromatic nitrogens is 2. The molecule has 3 aromatic rings. The SMILES string of the molecule is CC/C=C(\C=C(\C)C(C)N=C(C)c1cccc(C(C)=O)n1)CCc1cc(C)c(N=C(C)c2cccc(C(C)=O)n2)c(C)c1. The van der Waals surface area contributed by atoms with Crippen molar-refractivity contribution in [3.8, 4) is 0 Å². The lowest BCUT2D eigenvalue weighted by molar-refractivity contribution is 0.100. The average Bonchev–Trinajstić information content (AvgIpc) is 2.97. The van der Waals surface area contributed by atoms with Crippen molar-refractivity contribution in [1.29, 1.82) is 0 Å². The minimum atomic E-state index is -0.0566. The highest BCUT2D eigenvalue weighted by Gasteiger charge is 2.11. The Hall–Kier alpha value is -4.32. The van der Waals surface area contributed by atoms with Crippen molar-refractivity contribution < 1.29 is 9.59 Å². The van der Waals surface area contributed by atoms with Crippen LogP contribution in [0.2, 0.25) is 0 Å². The van der Waals surface area contributed by atoms with E-state index >= 15 is 0 Å². The van der Waals surface area contributed by atoms with Crippen LogP contribution in [0.5, 0.6) is 0 Å². The maximum absolute atomic E-state index is 11.8. The Bertz CT molecular complexity index is 1600. The first-order valence-corrected chi connectivity index (χ1v) is 14.9. The highest BCUT2D eigenvalue weighted by Crippen LogP contribution is 2.28. The number of ketones is 2. The maximum Gasteiger partial charge on any atom is 0.178 e. The molecule has 224 valence electrons. The molecule has 0 aliphatic carbocycles. The average molecular weight is 577 g/mol. The lowest BCUT2D eigenvalue weighted by Gasteiger charge is -2.13. The lowest BCUT2D eigenvalue weighted by atomic mass is 9.97. The summed E-state index contributed by atoms with van der Waals surface area (Å²) in [6, 6.07) is 15.4. The molecule has 0 N–H and O–H groups in total. The van der Waals surface area contributed by atoms with E-state index in [4.69, 9.17) is 9.98 Å². The molecule has 2 heterocycles. The van der Waals surface area contributed by atoms with Crippen molar-refractivity contribution >= 4 is 28.7 Å². The normalized spacial score (nSPS) is 13.7. The van der Waals surface area contributed by atoms with Crippen LogP contribution in [0.15, 0.2) is 81.8 Å². The summed E-state index contributed by atoms with van der Waals surface area (Å²) in [5, 5.41) is 0. The Kier molecular flexibility index (Phi) is 11.8. The molecule has 1 aromatic carbocycles. The molecule has 6 nitrogen and oxygen atoms in total.